The molecular weight excluding hydrogens is 384 g/mol. The van der Waals surface area contributed by atoms with Gasteiger partial charge in [0.2, 0.25) is 0 Å². The molecule has 0 fully saturated rings. The maximum absolute atomic E-state index is 12.2. The molecule has 0 aliphatic heterocycles. The molecule has 0 saturated heterocycles. The number of allylic oxidation sites excluding steroid dienone is 1. The van der Waals surface area contributed by atoms with Crippen molar-refractivity contribution in [3.05, 3.63) is 90.6 Å². The topological polar surface area (TPSA) is 78.9 Å². The van der Waals surface area contributed by atoms with Gasteiger partial charge in [-0.05, 0) is 55.8 Å². The van der Waals surface area contributed by atoms with Crippen molar-refractivity contribution in [2.75, 3.05) is 0 Å². The molecule has 0 atom stereocenters. The predicted molar refractivity (Wildman–Crippen MR) is 113 cm³/mol. The lowest BCUT2D eigenvalue weighted by Crippen LogP contribution is -2.09. The minimum Gasteiger partial charge on any atom is -0.488 e. The third-order valence-corrected chi connectivity index (χ3v) is 3.84. The SMILES string of the molecule is C=CC(=O)c1cc(OC(=O)C(=C)C)ccc1OCc1ccc(OC(=O)C(=C)C)cc1. The molecule has 2 aromatic carbocycles. The van der Waals surface area contributed by atoms with Crippen molar-refractivity contribution in [3.63, 3.8) is 0 Å². The Morgan fingerprint density at radius 2 is 1.40 bits per heavy atom. The Kier molecular flexibility index (Phi) is 7.47. The highest BCUT2D eigenvalue weighted by molar-refractivity contribution is 6.06. The first-order valence-electron chi connectivity index (χ1n) is 8.99. The smallest absolute Gasteiger partial charge is 0.338 e. The average Bonchev–Trinajstić information content (AvgIpc) is 2.72. The second kappa shape index (κ2) is 10.0. The zero-order valence-electron chi connectivity index (χ0n) is 16.9. The van der Waals surface area contributed by atoms with Crippen LogP contribution < -0.4 is 14.2 Å². The summed E-state index contributed by atoms with van der Waals surface area (Å²) in [5.74, 6) is -0.567. The van der Waals surface area contributed by atoms with Gasteiger partial charge in [-0.2, -0.15) is 0 Å². The molecule has 0 heterocycles. The Hall–Kier alpha value is -3.93. The molecule has 0 N–H and O–H groups in total. The fourth-order valence-corrected chi connectivity index (χ4v) is 2.20. The van der Waals surface area contributed by atoms with Gasteiger partial charge in [-0.1, -0.05) is 31.9 Å². The van der Waals surface area contributed by atoms with Crippen LogP contribution in [0.5, 0.6) is 17.2 Å². The van der Waals surface area contributed by atoms with Gasteiger partial charge in [0.05, 0.1) is 5.56 Å². The molecule has 2 aromatic rings. The van der Waals surface area contributed by atoms with Crippen molar-refractivity contribution >= 4 is 17.7 Å². The van der Waals surface area contributed by atoms with E-state index >= 15 is 0 Å². The minimum atomic E-state index is -0.590. The maximum Gasteiger partial charge on any atom is 0.338 e. The third-order valence-electron chi connectivity index (χ3n) is 3.84. The number of esters is 2. The van der Waals surface area contributed by atoms with Crippen LogP contribution >= 0.6 is 0 Å². The Labute approximate surface area is 175 Å². The lowest BCUT2D eigenvalue weighted by atomic mass is 10.1. The van der Waals surface area contributed by atoms with Gasteiger partial charge in [-0.3, -0.25) is 4.79 Å². The number of carbonyl (C=O) groups is 3. The van der Waals surface area contributed by atoms with Crippen LogP contribution in [0.3, 0.4) is 0 Å². The molecule has 0 aliphatic rings. The molecule has 0 unspecified atom stereocenters. The van der Waals surface area contributed by atoms with Crippen molar-refractivity contribution in [2.24, 2.45) is 0 Å². The molecule has 154 valence electrons. The monoisotopic (exact) mass is 406 g/mol. The predicted octanol–water partition coefficient (Wildman–Crippen LogP) is 4.60. The number of rotatable bonds is 9. The van der Waals surface area contributed by atoms with Gasteiger partial charge in [0.1, 0.15) is 23.9 Å². The highest BCUT2D eigenvalue weighted by Gasteiger charge is 2.14. The second-order valence-corrected chi connectivity index (χ2v) is 6.50. The zero-order valence-corrected chi connectivity index (χ0v) is 16.9. The van der Waals surface area contributed by atoms with Crippen LogP contribution in [-0.2, 0) is 16.2 Å². The summed E-state index contributed by atoms with van der Waals surface area (Å²) in [7, 11) is 0. The molecule has 0 aromatic heterocycles. The molecule has 0 radical (unpaired) electrons. The number of benzene rings is 2. The number of ether oxygens (including phenoxy) is 3. The van der Waals surface area contributed by atoms with Gasteiger partial charge in [-0.15, -0.1) is 0 Å². The summed E-state index contributed by atoms with van der Waals surface area (Å²) in [4.78, 5) is 35.5. The second-order valence-electron chi connectivity index (χ2n) is 6.50. The van der Waals surface area contributed by atoms with Gasteiger partial charge in [0, 0.05) is 11.1 Å². The van der Waals surface area contributed by atoms with E-state index in [9.17, 15) is 14.4 Å². The van der Waals surface area contributed by atoms with E-state index in [4.69, 9.17) is 14.2 Å². The van der Waals surface area contributed by atoms with Crippen LogP contribution in [0.25, 0.3) is 0 Å². The van der Waals surface area contributed by atoms with Crippen molar-refractivity contribution in [1.82, 2.24) is 0 Å². The summed E-state index contributed by atoms with van der Waals surface area (Å²) < 4.78 is 16.1. The summed E-state index contributed by atoms with van der Waals surface area (Å²) in [5.41, 5.74) is 1.55. The first kappa shape index (κ1) is 22.4. The highest BCUT2D eigenvalue weighted by atomic mass is 16.5. The number of hydrogen-bond donors (Lipinski definition) is 0. The Morgan fingerprint density at radius 3 is 1.93 bits per heavy atom. The number of ketones is 1. The van der Waals surface area contributed by atoms with Gasteiger partial charge in [0.25, 0.3) is 0 Å². The lowest BCUT2D eigenvalue weighted by molar-refractivity contribution is -0.130. The van der Waals surface area contributed by atoms with E-state index in [1.807, 2.05) is 0 Å². The van der Waals surface area contributed by atoms with E-state index in [1.165, 1.54) is 19.1 Å². The summed E-state index contributed by atoms with van der Waals surface area (Å²) in [6, 6.07) is 11.2. The fourth-order valence-electron chi connectivity index (χ4n) is 2.20. The van der Waals surface area contributed by atoms with E-state index in [1.54, 1.807) is 37.3 Å². The van der Waals surface area contributed by atoms with E-state index < -0.39 is 11.9 Å². The summed E-state index contributed by atoms with van der Waals surface area (Å²) in [5, 5.41) is 0. The van der Waals surface area contributed by atoms with Crippen molar-refractivity contribution in [3.8, 4) is 17.2 Å². The van der Waals surface area contributed by atoms with E-state index in [0.717, 1.165) is 11.6 Å². The zero-order chi connectivity index (χ0) is 22.3. The van der Waals surface area contributed by atoms with Gasteiger partial charge >= 0.3 is 11.9 Å². The fraction of sp³-hybridized carbons (Fsp3) is 0.125. The standard InChI is InChI=1S/C24H22O6/c1-6-21(25)20-13-19(30-24(27)16(4)5)11-12-22(20)28-14-17-7-9-18(10-8-17)29-23(26)15(2)3/h6-13H,1-2,4,14H2,3,5H3. The first-order chi connectivity index (χ1) is 14.2. The maximum atomic E-state index is 12.2. The minimum absolute atomic E-state index is 0.164. The van der Waals surface area contributed by atoms with Crippen molar-refractivity contribution in [1.29, 1.82) is 0 Å². The van der Waals surface area contributed by atoms with Crippen LogP contribution in [0.1, 0.15) is 29.8 Å². The summed E-state index contributed by atoms with van der Waals surface area (Å²) in [6.07, 6.45) is 1.15. The van der Waals surface area contributed by atoms with E-state index in [2.05, 4.69) is 19.7 Å². The molecule has 0 aliphatic carbocycles. The largest absolute Gasteiger partial charge is 0.488 e. The number of hydrogen-bond acceptors (Lipinski definition) is 6. The quantitative estimate of drug-likeness (QED) is 0.262. The molecule has 0 bridgehead atoms. The van der Waals surface area contributed by atoms with Crippen LogP contribution in [0.4, 0.5) is 0 Å². The van der Waals surface area contributed by atoms with Crippen LogP contribution in [0, 0.1) is 0 Å². The molecule has 6 heteroatoms. The van der Waals surface area contributed by atoms with Crippen molar-refractivity contribution < 1.29 is 28.6 Å². The molecule has 0 saturated carbocycles. The van der Waals surface area contributed by atoms with Crippen LogP contribution in [-0.4, -0.2) is 17.7 Å². The Balaban J connectivity index is 2.13. The summed E-state index contributed by atoms with van der Waals surface area (Å²) >= 11 is 0. The van der Waals surface area contributed by atoms with Crippen LogP contribution in [0.2, 0.25) is 0 Å². The van der Waals surface area contributed by atoms with Gasteiger partial charge in [-0.25, -0.2) is 9.59 Å². The third kappa shape index (κ3) is 6.04. The van der Waals surface area contributed by atoms with Gasteiger partial charge in [0.15, 0.2) is 5.78 Å². The normalized spacial score (nSPS) is 9.93. The molecule has 0 spiro atoms. The van der Waals surface area contributed by atoms with Crippen molar-refractivity contribution in [2.45, 2.75) is 20.5 Å². The van der Waals surface area contributed by atoms with E-state index in [-0.39, 0.29) is 29.3 Å². The summed E-state index contributed by atoms with van der Waals surface area (Å²) in [6.45, 7) is 13.8. The van der Waals surface area contributed by atoms with E-state index in [0.29, 0.717) is 17.1 Å². The van der Waals surface area contributed by atoms with Gasteiger partial charge < -0.3 is 14.2 Å². The average molecular weight is 406 g/mol. The number of carbonyl (C=O) groups excluding carboxylic acids is 3. The van der Waals surface area contributed by atoms with Crippen LogP contribution in [0.15, 0.2) is 79.4 Å². The Morgan fingerprint density at radius 1 is 0.867 bits per heavy atom. The Bertz CT molecular complexity index is 1010. The molecular formula is C24H22O6. The first-order valence-corrected chi connectivity index (χ1v) is 8.99. The molecule has 2 rings (SSSR count). The highest BCUT2D eigenvalue weighted by Crippen LogP contribution is 2.27. The molecule has 0 amide bonds. The lowest BCUT2D eigenvalue weighted by Gasteiger charge is -2.12. The molecule has 30 heavy (non-hydrogen) atoms. The molecule has 6 nitrogen and oxygen atoms in total.